The maximum Gasteiger partial charge on any atom is 0.216 e. The summed E-state index contributed by atoms with van der Waals surface area (Å²) in [6, 6.07) is 8.45. The summed E-state index contributed by atoms with van der Waals surface area (Å²) in [5.74, 6) is 0.446. The van der Waals surface area contributed by atoms with Crippen LogP contribution in [0.2, 0.25) is 0 Å². The SMILES string of the molecule is Cc1cc(/C=N\n2c(C)n[nH]c2=S)c(C)n1-c1ccc(F)cc1. The fraction of sp³-hybridized carbons (Fsp3) is 0.188. The molecule has 0 amide bonds. The molecule has 0 fully saturated rings. The molecule has 118 valence electrons. The Morgan fingerprint density at radius 3 is 2.52 bits per heavy atom. The van der Waals surface area contributed by atoms with Gasteiger partial charge in [-0.15, -0.1) is 0 Å². The van der Waals surface area contributed by atoms with Crippen LogP contribution in [0.5, 0.6) is 0 Å². The normalized spacial score (nSPS) is 11.5. The average molecular weight is 329 g/mol. The van der Waals surface area contributed by atoms with Gasteiger partial charge in [0, 0.05) is 22.6 Å². The topological polar surface area (TPSA) is 50.9 Å². The number of aryl methyl sites for hydroxylation is 2. The van der Waals surface area contributed by atoms with Crippen molar-refractivity contribution >= 4 is 18.4 Å². The van der Waals surface area contributed by atoms with Crippen molar-refractivity contribution in [1.82, 2.24) is 19.4 Å². The van der Waals surface area contributed by atoms with Gasteiger partial charge in [-0.1, -0.05) is 0 Å². The highest BCUT2D eigenvalue weighted by molar-refractivity contribution is 7.71. The Kier molecular flexibility index (Phi) is 3.96. The van der Waals surface area contributed by atoms with Crippen molar-refractivity contribution in [3.8, 4) is 5.69 Å². The fourth-order valence-electron chi connectivity index (χ4n) is 2.53. The quantitative estimate of drug-likeness (QED) is 0.589. The highest BCUT2D eigenvalue weighted by Gasteiger charge is 2.09. The molecule has 5 nitrogen and oxygen atoms in total. The number of nitrogens with one attached hydrogen (secondary N) is 1. The first-order valence-corrected chi connectivity index (χ1v) is 7.51. The van der Waals surface area contributed by atoms with Crippen molar-refractivity contribution in [3.63, 3.8) is 0 Å². The smallest absolute Gasteiger partial charge is 0.216 e. The summed E-state index contributed by atoms with van der Waals surface area (Å²) in [7, 11) is 0. The second-order valence-electron chi connectivity index (χ2n) is 5.27. The number of H-pyrrole nitrogens is 1. The van der Waals surface area contributed by atoms with Crippen molar-refractivity contribution < 1.29 is 4.39 Å². The predicted molar refractivity (Wildman–Crippen MR) is 90.3 cm³/mol. The van der Waals surface area contributed by atoms with Gasteiger partial charge in [0.05, 0.1) is 6.21 Å². The number of hydrogen-bond acceptors (Lipinski definition) is 3. The van der Waals surface area contributed by atoms with Crippen LogP contribution in [-0.4, -0.2) is 25.7 Å². The Bertz CT molecular complexity index is 931. The van der Waals surface area contributed by atoms with Gasteiger partial charge in [-0.3, -0.25) is 5.10 Å². The van der Waals surface area contributed by atoms with Crippen LogP contribution in [0.4, 0.5) is 4.39 Å². The first-order chi connectivity index (χ1) is 11.0. The molecule has 0 aliphatic rings. The molecule has 2 heterocycles. The zero-order chi connectivity index (χ0) is 16.6. The summed E-state index contributed by atoms with van der Waals surface area (Å²) in [6.07, 6.45) is 1.75. The first-order valence-electron chi connectivity index (χ1n) is 7.10. The van der Waals surface area contributed by atoms with Crippen molar-refractivity contribution in [2.45, 2.75) is 20.8 Å². The molecule has 3 aromatic rings. The second kappa shape index (κ2) is 5.92. The lowest BCUT2D eigenvalue weighted by molar-refractivity contribution is 0.627. The average Bonchev–Trinajstić information content (AvgIpc) is 2.98. The van der Waals surface area contributed by atoms with Crippen molar-refractivity contribution in [2.24, 2.45) is 5.10 Å². The summed E-state index contributed by atoms with van der Waals surface area (Å²) in [5.41, 5.74) is 3.94. The van der Waals surface area contributed by atoms with Crippen molar-refractivity contribution in [3.05, 3.63) is 63.7 Å². The van der Waals surface area contributed by atoms with Gasteiger partial charge in [-0.25, -0.2) is 4.39 Å². The summed E-state index contributed by atoms with van der Waals surface area (Å²) in [5, 5.41) is 11.1. The minimum Gasteiger partial charge on any atom is -0.318 e. The molecule has 0 spiro atoms. The zero-order valence-corrected chi connectivity index (χ0v) is 13.9. The molecule has 0 saturated carbocycles. The van der Waals surface area contributed by atoms with Crippen molar-refractivity contribution in [1.29, 1.82) is 0 Å². The number of aromatic nitrogens is 4. The second-order valence-corrected chi connectivity index (χ2v) is 5.66. The van der Waals surface area contributed by atoms with Crippen LogP contribution >= 0.6 is 12.2 Å². The van der Waals surface area contributed by atoms with E-state index in [0.29, 0.717) is 10.6 Å². The Morgan fingerprint density at radius 2 is 1.91 bits per heavy atom. The third kappa shape index (κ3) is 2.87. The van der Waals surface area contributed by atoms with Crippen LogP contribution < -0.4 is 0 Å². The van der Waals surface area contributed by atoms with E-state index in [-0.39, 0.29) is 5.82 Å². The van der Waals surface area contributed by atoms with E-state index in [1.165, 1.54) is 12.1 Å². The molecule has 1 N–H and O–H groups in total. The largest absolute Gasteiger partial charge is 0.318 e. The predicted octanol–water partition coefficient (Wildman–Crippen LogP) is 3.68. The standard InChI is InChI=1S/C16H16FN5S/c1-10-8-13(9-18-22-12(3)19-20-16(22)23)11(2)21(10)15-6-4-14(17)5-7-15/h4-9H,1-3H3,(H,20,23)/b18-9-. The maximum atomic E-state index is 13.1. The maximum absolute atomic E-state index is 13.1. The van der Waals surface area contributed by atoms with Crippen LogP contribution in [0.1, 0.15) is 22.8 Å². The number of hydrogen-bond donors (Lipinski definition) is 1. The molecule has 0 saturated heterocycles. The van der Waals surface area contributed by atoms with Gasteiger partial charge in [0.2, 0.25) is 4.77 Å². The molecular formula is C16H16FN5S. The van der Waals surface area contributed by atoms with Gasteiger partial charge in [0.1, 0.15) is 11.6 Å². The number of rotatable bonds is 3. The minimum atomic E-state index is -0.247. The molecule has 0 radical (unpaired) electrons. The van der Waals surface area contributed by atoms with Gasteiger partial charge in [0.15, 0.2) is 0 Å². The molecule has 0 aliphatic heterocycles. The molecule has 3 rings (SSSR count). The molecule has 0 unspecified atom stereocenters. The van der Waals surface area contributed by atoms with Crippen LogP contribution in [0.25, 0.3) is 5.69 Å². The Morgan fingerprint density at radius 1 is 1.22 bits per heavy atom. The molecule has 7 heteroatoms. The van der Waals surface area contributed by atoms with E-state index < -0.39 is 0 Å². The molecule has 1 aromatic carbocycles. The van der Waals surface area contributed by atoms with Gasteiger partial charge in [-0.2, -0.15) is 14.9 Å². The van der Waals surface area contributed by atoms with Crippen LogP contribution in [-0.2, 0) is 0 Å². The highest BCUT2D eigenvalue weighted by atomic mass is 32.1. The lowest BCUT2D eigenvalue weighted by Crippen LogP contribution is -2.00. The van der Waals surface area contributed by atoms with E-state index in [1.54, 1.807) is 23.0 Å². The van der Waals surface area contributed by atoms with E-state index >= 15 is 0 Å². The highest BCUT2D eigenvalue weighted by Crippen LogP contribution is 2.20. The van der Waals surface area contributed by atoms with Crippen LogP contribution in [0.3, 0.4) is 0 Å². The summed E-state index contributed by atoms with van der Waals surface area (Å²) >= 11 is 5.13. The van der Waals surface area contributed by atoms with E-state index in [9.17, 15) is 4.39 Å². The molecule has 23 heavy (non-hydrogen) atoms. The van der Waals surface area contributed by atoms with Gasteiger partial charge in [0.25, 0.3) is 0 Å². The third-order valence-electron chi connectivity index (χ3n) is 3.68. The minimum absolute atomic E-state index is 0.247. The Balaban J connectivity index is 2.01. The summed E-state index contributed by atoms with van der Waals surface area (Å²) in [4.78, 5) is 0. The number of halogens is 1. The number of aromatic amines is 1. The van der Waals surface area contributed by atoms with Gasteiger partial charge in [-0.05, 0) is 63.3 Å². The Hall–Kier alpha value is -2.54. The summed E-state index contributed by atoms with van der Waals surface area (Å²) in [6.45, 7) is 5.83. The Labute approximate surface area is 138 Å². The molecule has 2 aromatic heterocycles. The number of benzene rings is 1. The number of nitrogens with zero attached hydrogens (tertiary/aromatic N) is 4. The van der Waals surface area contributed by atoms with E-state index in [1.807, 2.05) is 26.8 Å². The molecule has 0 atom stereocenters. The lowest BCUT2D eigenvalue weighted by atomic mass is 10.2. The molecule has 0 bridgehead atoms. The fourth-order valence-corrected chi connectivity index (χ4v) is 2.76. The lowest BCUT2D eigenvalue weighted by Gasteiger charge is -2.09. The first kappa shape index (κ1) is 15.4. The third-order valence-corrected chi connectivity index (χ3v) is 3.94. The molecular weight excluding hydrogens is 313 g/mol. The van der Waals surface area contributed by atoms with E-state index in [4.69, 9.17) is 12.2 Å². The van der Waals surface area contributed by atoms with Gasteiger partial charge < -0.3 is 4.57 Å². The molecule has 0 aliphatic carbocycles. The van der Waals surface area contributed by atoms with Crippen LogP contribution in [0.15, 0.2) is 35.4 Å². The van der Waals surface area contributed by atoms with Gasteiger partial charge >= 0.3 is 0 Å². The van der Waals surface area contributed by atoms with E-state index in [2.05, 4.69) is 19.9 Å². The van der Waals surface area contributed by atoms with Crippen molar-refractivity contribution in [2.75, 3.05) is 0 Å². The van der Waals surface area contributed by atoms with Crippen LogP contribution in [0, 0.1) is 31.4 Å². The summed E-state index contributed by atoms with van der Waals surface area (Å²) < 4.78 is 17.2. The zero-order valence-electron chi connectivity index (χ0n) is 13.0. The monoisotopic (exact) mass is 329 g/mol. The van der Waals surface area contributed by atoms with E-state index in [0.717, 1.165) is 22.6 Å².